The fourth-order valence-electron chi connectivity index (χ4n) is 3.88. The highest BCUT2D eigenvalue weighted by Gasteiger charge is 2.21. The zero-order valence-electron chi connectivity index (χ0n) is 16.4. The van der Waals surface area contributed by atoms with Crippen LogP contribution >= 0.6 is 0 Å². The Morgan fingerprint density at radius 2 is 1.79 bits per heavy atom. The summed E-state index contributed by atoms with van der Waals surface area (Å²) in [5.41, 5.74) is 3.16. The maximum atomic E-state index is 12.8. The van der Waals surface area contributed by atoms with Crippen LogP contribution in [-0.2, 0) is 4.74 Å². The fourth-order valence-corrected chi connectivity index (χ4v) is 3.88. The van der Waals surface area contributed by atoms with Crippen molar-refractivity contribution in [3.63, 3.8) is 0 Å². The average molecular weight is 381 g/mol. The molecule has 4 heterocycles. The number of pyridine rings is 2. The molecular weight excluding hydrogens is 354 g/mol. The number of anilines is 2. The van der Waals surface area contributed by atoms with Crippen molar-refractivity contribution in [3.8, 4) is 0 Å². The lowest BCUT2D eigenvalue weighted by atomic mass is 10.2. The summed E-state index contributed by atoms with van der Waals surface area (Å²) in [6.45, 7) is 8.38. The van der Waals surface area contributed by atoms with Crippen molar-refractivity contribution in [3.05, 3.63) is 47.9 Å². The van der Waals surface area contributed by atoms with E-state index in [-0.39, 0.29) is 5.91 Å². The minimum absolute atomic E-state index is 0.0656. The van der Waals surface area contributed by atoms with E-state index in [4.69, 9.17) is 4.74 Å². The summed E-state index contributed by atoms with van der Waals surface area (Å²) in [4.78, 5) is 28.1. The second-order valence-corrected chi connectivity index (χ2v) is 7.30. The number of aryl methyl sites for hydroxylation is 1. The predicted octanol–water partition coefficient (Wildman–Crippen LogP) is 1.97. The highest BCUT2D eigenvalue weighted by atomic mass is 16.5. The molecule has 2 aliphatic heterocycles. The summed E-state index contributed by atoms with van der Waals surface area (Å²) >= 11 is 0. The van der Waals surface area contributed by atoms with Gasteiger partial charge in [0, 0.05) is 69.1 Å². The number of nitrogens with zero attached hydrogens (tertiary/aromatic N) is 5. The molecule has 0 saturated carbocycles. The van der Waals surface area contributed by atoms with E-state index in [1.807, 2.05) is 29.4 Å². The lowest BCUT2D eigenvalue weighted by Crippen LogP contribution is -2.40. The summed E-state index contributed by atoms with van der Waals surface area (Å²) in [6, 6.07) is 5.84. The van der Waals surface area contributed by atoms with Gasteiger partial charge in [0.05, 0.1) is 13.2 Å². The van der Waals surface area contributed by atoms with Crippen LogP contribution in [0.25, 0.3) is 0 Å². The molecule has 7 heteroatoms. The number of carbonyl (C=O) groups is 1. The van der Waals surface area contributed by atoms with Crippen molar-refractivity contribution in [2.75, 3.05) is 62.3 Å². The van der Waals surface area contributed by atoms with Crippen LogP contribution in [0.2, 0.25) is 0 Å². The van der Waals surface area contributed by atoms with Gasteiger partial charge in [0.15, 0.2) is 0 Å². The molecule has 28 heavy (non-hydrogen) atoms. The molecule has 2 aliphatic rings. The molecule has 1 amide bonds. The van der Waals surface area contributed by atoms with E-state index >= 15 is 0 Å². The maximum Gasteiger partial charge on any atom is 0.254 e. The minimum atomic E-state index is 0.0656. The summed E-state index contributed by atoms with van der Waals surface area (Å²) in [5.74, 6) is 0.947. The van der Waals surface area contributed by atoms with E-state index in [0.29, 0.717) is 31.9 Å². The third-order valence-electron chi connectivity index (χ3n) is 5.44. The first-order valence-electron chi connectivity index (χ1n) is 9.96. The van der Waals surface area contributed by atoms with Crippen LogP contribution in [0.15, 0.2) is 36.8 Å². The normalized spacial score (nSPS) is 18.1. The van der Waals surface area contributed by atoms with Crippen LogP contribution in [0.5, 0.6) is 0 Å². The van der Waals surface area contributed by atoms with Gasteiger partial charge in [0.25, 0.3) is 5.91 Å². The molecule has 2 aromatic heterocycles. The second kappa shape index (κ2) is 8.56. The van der Waals surface area contributed by atoms with E-state index in [1.165, 1.54) is 11.3 Å². The van der Waals surface area contributed by atoms with Gasteiger partial charge in [-0.15, -0.1) is 0 Å². The number of hydrogen-bond acceptors (Lipinski definition) is 6. The summed E-state index contributed by atoms with van der Waals surface area (Å²) in [5, 5.41) is 0. The Labute approximate surface area is 165 Å². The van der Waals surface area contributed by atoms with Crippen LogP contribution in [0.4, 0.5) is 11.5 Å². The number of carbonyl (C=O) groups excluding carboxylic acids is 1. The van der Waals surface area contributed by atoms with Crippen LogP contribution in [0, 0.1) is 6.92 Å². The van der Waals surface area contributed by atoms with E-state index in [1.54, 1.807) is 6.20 Å². The molecule has 4 rings (SSSR count). The molecule has 0 spiro atoms. The van der Waals surface area contributed by atoms with Crippen molar-refractivity contribution in [2.24, 2.45) is 0 Å². The smallest absolute Gasteiger partial charge is 0.254 e. The van der Waals surface area contributed by atoms with Crippen molar-refractivity contribution in [1.82, 2.24) is 14.9 Å². The number of aromatic nitrogens is 2. The molecular formula is C21H27N5O2. The molecule has 0 atom stereocenters. The first-order chi connectivity index (χ1) is 13.7. The van der Waals surface area contributed by atoms with Gasteiger partial charge in [-0.3, -0.25) is 9.78 Å². The summed E-state index contributed by atoms with van der Waals surface area (Å²) in [7, 11) is 0. The van der Waals surface area contributed by atoms with Crippen molar-refractivity contribution >= 4 is 17.4 Å². The third-order valence-corrected chi connectivity index (χ3v) is 5.44. The Kier molecular flexibility index (Phi) is 5.71. The van der Waals surface area contributed by atoms with Crippen molar-refractivity contribution < 1.29 is 9.53 Å². The van der Waals surface area contributed by atoms with Gasteiger partial charge in [-0.05, 0) is 37.1 Å². The monoisotopic (exact) mass is 381 g/mol. The van der Waals surface area contributed by atoms with Gasteiger partial charge in [-0.1, -0.05) is 0 Å². The lowest BCUT2D eigenvalue weighted by molar-refractivity contribution is 0.0303. The third kappa shape index (κ3) is 4.09. The molecule has 148 valence electrons. The molecule has 0 unspecified atom stereocenters. The van der Waals surface area contributed by atoms with E-state index in [2.05, 4.69) is 32.8 Å². The number of amides is 1. The minimum Gasteiger partial charge on any atom is -0.378 e. The van der Waals surface area contributed by atoms with Crippen LogP contribution < -0.4 is 9.80 Å². The van der Waals surface area contributed by atoms with Gasteiger partial charge in [-0.2, -0.15) is 0 Å². The fraction of sp³-hybridized carbons (Fsp3) is 0.476. The van der Waals surface area contributed by atoms with Gasteiger partial charge in [0.2, 0.25) is 0 Å². The largest absolute Gasteiger partial charge is 0.378 e. The highest BCUT2D eigenvalue weighted by molar-refractivity contribution is 5.95. The Bertz CT molecular complexity index is 822. The molecule has 0 aliphatic carbocycles. The second-order valence-electron chi connectivity index (χ2n) is 7.30. The average Bonchev–Trinajstić information content (AvgIpc) is 3.00. The van der Waals surface area contributed by atoms with Crippen molar-refractivity contribution in [2.45, 2.75) is 13.3 Å². The highest BCUT2D eigenvalue weighted by Crippen LogP contribution is 2.22. The van der Waals surface area contributed by atoms with E-state index < -0.39 is 0 Å². The first kappa shape index (κ1) is 18.7. The lowest BCUT2D eigenvalue weighted by Gasteiger charge is -2.28. The number of morpholine rings is 1. The zero-order valence-corrected chi connectivity index (χ0v) is 16.4. The molecule has 0 aromatic carbocycles. The summed E-state index contributed by atoms with van der Waals surface area (Å²) < 4.78 is 5.35. The molecule has 7 nitrogen and oxygen atoms in total. The van der Waals surface area contributed by atoms with Gasteiger partial charge in [0.1, 0.15) is 5.82 Å². The maximum absolute atomic E-state index is 12.8. The zero-order chi connectivity index (χ0) is 19.3. The molecule has 0 N–H and O–H groups in total. The Morgan fingerprint density at radius 3 is 2.61 bits per heavy atom. The molecule has 2 aromatic rings. The van der Waals surface area contributed by atoms with E-state index in [9.17, 15) is 4.79 Å². The molecule has 0 bridgehead atoms. The topological polar surface area (TPSA) is 61.8 Å². The standard InChI is InChI=1S/C21H27N5O2/c1-17-16-22-5-4-19(17)24-7-2-8-25(10-9-24)20-15-18(3-6-23-20)21(27)26-11-13-28-14-12-26/h3-6,15-16H,2,7-14H2,1H3. The van der Waals surface area contributed by atoms with Gasteiger partial charge >= 0.3 is 0 Å². The first-order valence-corrected chi connectivity index (χ1v) is 9.96. The quantitative estimate of drug-likeness (QED) is 0.810. The Hall–Kier alpha value is -2.67. The molecule has 0 radical (unpaired) electrons. The predicted molar refractivity (Wildman–Crippen MR) is 109 cm³/mol. The van der Waals surface area contributed by atoms with Crippen LogP contribution in [0.1, 0.15) is 22.3 Å². The van der Waals surface area contributed by atoms with Crippen LogP contribution in [-0.4, -0.2) is 73.3 Å². The molecule has 2 fully saturated rings. The van der Waals surface area contributed by atoms with Gasteiger partial charge in [-0.25, -0.2) is 4.98 Å². The molecule has 2 saturated heterocycles. The van der Waals surface area contributed by atoms with Crippen LogP contribution in [0.3, 0.4) is 0 Å². The SMILES string of the molecule is Cc1cnccc1N1CCCN(c2cc(C(=O)N3CCOCC3)ccn2)CC1. The summed E-state index contributed by atoms with van der Waals surface area (Å²) in [6.07, 6.45) is 6.57. The number of ether oxygens (including phenoxy) is 1. The number of rotatable bonds is 3. The van der Waals surface area contributed by atoms with Crippen molar-refractivity contribution in [1.29, 1.82) is 0 Å². The Morgan fingerprint density at radius 1 is 1.00 bits per heavy atom. The Balaban J connectivity index is 1.46. The van der Waals surface area contributed by atoms with Gasteiger partial charge < -0.3 is 19.4 Å². The number of hydrogen-bond donors (Lipinski definition) is 0. The van der Waals surface area contributed by atoms with E-state index in [0.717, 1.165) is 38.4 Å².